The molecule has 0 saturated carbocycles. The van der Waals surface area contributed by atoms with Crippen LogP contribution in [0.2, 0.25) is 0 Å². The van der Waals surface area contributed by atoms with Gasteiger partial charge in [0.1, 0.15) is 21.1 Å². The first-order valence-electron chi connectivity index (χ1n) is 9.19. The largest absolute Gasteiger partial charge is 0.365 e. The second-order valence-corrected chi connectivity index (χ2v) is 7.86. The Morgan fingerprint density at radius 3 is 2.48 bits per heavy atom. The summed E-state index contributed by atoms with van der Waals surface area (Å²) < 4.78 is 28.4. The number of carbonyl (C=O) groups excluding carboxylic acids is 2. The summed E-state index contributed by atoms with van der Waals surface area (Å²) in [6.45, 7) is 1.74. The third-order valence-electron chi connectivity index (χ3n) is 4.69. The molecular weight excluding hydrogens is 424 g/mol. The topological polar surface area (TPSA) is 103 Å². The predicted molar refractivity (Wildman–Crippen MR) is 114 cm³/mol. The first kappa shape index (κ1) is 20.6. The maximum atomic E-state index is 13.5. The third kappa shape index (κ3) is 3.77. The van der Waals surface area contributed by atoms with E-state index in [1.807, 2.05) is 0 Å². The number of nitrogens with two attached hydrogens (primary N) is 1. The first-order valence-corrected chi connectivity index (χ1v) is 10.0. The fourth-order valence-corrected chi connectivity index (χ4v) is 4.38. The van der Waals surface area contributed by atoms with Crippen LogP contribution in [-0.4, -0.2) is 26.6 Å². The van der Waals surface area contributed by atoms with Crippen molar-refractivity contribution in [1.29, 1.82) is 0 Å². The Labute approximate surface area is 179 Å². The number of hydrogen-bond acceptors (Lipinski definition) is 5. The van der Waals surface area contributed by atoms with Crippen LogP contribution < -0.4 is 11.1 Å². The molecule has 31 heavy (non-hydrogen) atoms. The number of primary amides is 1. The van der Waals surface area contributed by atoms with Crippen molar-refractivity contribution in [2.75, 3.05) is 5.32 Å². The summed E-state index contributed by atoms with van der Waals surface area (Å²) >= 11 is 0.863. The Morgan fingerprint density at radius 1 is 1.19 bits per heavy atom. The second kappa shape index (κ2) is 7.88. The van der Waals surface area contributed by atoms with Crippen LogP contribution in [0.1, 0.15) is 38.0 Å². The van der Waals surface area contributed by atoms with Gasteiger partial charge in [0.2, 0.25) is 0 Å². The summed E-state index contributed by atoms with van der Waals surface area (Å²) in [6, 6.07) is 11.7. The highest BCUT2D eigenvalue weighted by Gasteiger charge is 2.25. The number of aryl methyl sites for hydroxylation is 2. The van der Waals surface area contributed by atoms with Gasteiger partial charge in [-0.05, 0) is 30.2 Å². The smallest absolute Gasteiger partial charge is 0.280 e. The predicted octanol–water partition coefficient (Wildman–Crippen LogP) is 4.29. The van der Waals surface area contributed by atoms with Gasteiger partial charge in [0, 0.05) is 12.4 Å². The van der Waals surface area contributed by atoms with Gasteiger partial charge in [-0.15, -0.1) is 11.3 Å². The molecule has 0 atom stereocenters. The van der Waals surface area contributed by atoms with Crippen molar-refractivity contribution >= 4 is 39.1 Å². The molecule has 3 heterocycles. The molecule has 0 aliphatic carbocycles. The fraction of sp³-hybridized carbons (Fsp3) is 0.143. The molecule has 0 radical (unpaired) electrons. The van der Waals surface area contributed by atoms with Crippen molar-refractivity contribution in [2.45, 2.75) is 13.3 Å². The average Bonchev–Trinajstić information content (AvgIpc) is 3.27. The van der Waals surface area contributed by atoms with Crippen molar-refractivity contribution in [2.24, 2.45) is 12.8 Å². The minimum atomic E-state index is -2.80. The molecule has 10 heteroatoms. The van der Waals surface area contributed by atoms with E-state index in [-0.39, 0.29) is 21.1 Å². The van der Waals surface area contributed by atoms with Crippen molar-refractivity contribution in [3.05, 3.63) is 64.4 Å². The molecule has 158 valence electrons. The highest BCUT2D eigenvalue weighted by atomic mass is 32.1. The number of carbonyl (C=O) groups is 2. The zero-order chi connectivity index (χ0) is 22.3. The monoisotopic (exact) mass is 441 g/mol. The molecular formula is C21H17F2N5O2S. The number of thiophene rings is 1. The van der Waals surface area contributed by atoms with Gasteiger partial charge in [-0.2, -0.15) is 5.10 Å². The zero-order valence-electron chi connectivity index (χ0n) is 16.5. The molecule has 0 saturated heterocycles. The third-order valence-corrected chi connectivity index (χ3v) is 5.79. The minimum Gasteiger partial charge on any atom is -0.365 e. The number of aromatic nitrogens is 3. The maximum absolute atomic E-state index is 13.5. The van der Waals surface area contributed by atoms with Crippen LogP contribution in [0.5, 0.6) is 0 Å². The Morgan fingerprint density at radius 2 is 1.90 bits per heavy atom. The normalized spacial score (nSPS) is 11.3. The lowest BCUT2D eigenvalue weighted by molar-refractivity contribution is 0.100. The number of anilines is 1. The average molecular weight is 441 g/mol. The van der Waals surface area contributed by atoms with E-state index in [0.717, 1.165) is 11.3 Å². The van der Waals surface area contributed by atoms with E-state index in [1.54, 1.807) is 50.4 Å². The van der Waals surface area contributed by atoms with E-state index in [2.05, 4.69) is 15.4 Å². The van der Waals surface area contributed by atoms with Gasteiger partial charge < -0.3 is 11.1 Å². The van der Waals surface area contributed by atoms with Crippen molar-refractivity contribution in [3.8, 4) is 11.1 Å². The number of nitrogens with one attached hydrogen (secondary N) is 1. The summed E-state index contributed by atoms with van der Waals surface area (Å²) in [4.78, 5) is 29.3. The van der Waals surface area contributed by atoms with Crippen molar-refractivity contribution < 1.29 is 18.4 Å². The number of pyridine rings is 1. The fourth-order valence-electron chi connectivity index (χ4n) is 3.37. The quantitative estimate of drug-likeness (QED) is 0.482. The molecule has 7 nitrogen and oxygen atoms in total. The maximum Gasteiger partial charge on any atom is 0.280 e. The summed E-state index contributed by atoms with van der Waals surface area (Å²) in [5.74, 6) is -1.31. The number of alkyl halides is 2. The molecule has 0 unspecified atom stereocenters. The van der Waals surface area contributed by atoms with Gasteiger partial charge in [-0.3, -0.25) is 14.3 Å². The number of halogens is 2. The Bertz CT molecular complexity index is 1310. The molecule has 0 fully saturated rings. The van der Waals surface area contributed by atoms with E-state index in [0.29, 0.717) is 22.2 Å². The summed E-state index contributed by atoms with van der Waals surface area (Å²) in [5, 5.41) is 7.25. The van der Waals surface area contributed by atoms with E-state index >= 15 is 0 Å². The summed E-state index contributed by atoms with van der Waals surface area (Å²) in [5.41, 5.74) is 7.22. The standard InChI is InChI=1S/C21H17F2N5O2S/c1-10-8-14(28(2)27-10)20(30)26-16-15-12(11-6-4-3-5-7-11)9-13(18(22)23)25-21(15)31-17(16)19(24)29/h3-9,18H,1-2H3,(H2,24,29)(H,26,30). The molecule has 3 aromatic heterocycles. The highest BCUT2D eigenvalue weighted by Crippen LogP contribution is 2.42. The van der Waals surface area contributed by atoms with Crippen LogP contribution in [0, 0.1) is 6.92 Å². The number of amides is 2. The molecule has 0 aliphatic rings. The van der Waals surface area contributed by atoms with Crippen LogP contribution in [-0.2, 0) is 7.05 Å². The van der Waals surface area contributed by atoms with Gasteiger partial charge in [0.25, 0.3) is 18.2 Å². The number of rotatable bonds is 5. The molecule has 0 spiro atoms. The van der Waals surface area contributed by atoms with E-state index in [9.17, 15) is 18.4 Å². The molecule has 3 N–H and O–H groups in total. The first-order chi connectivity index (χ1) is 14.8. The van der Waals surface area contributed by atoms with Crippen molar-refractivity contribution in [3.63, 3.8) is 0 Å². The highest BCUT2D eigenvalue weighted by molar-refractivity contribution is 7.21. The van der Waals surface area contributed by atoms with Crippen LogP contribution in [0.15, 0.2) is 42.5 Å². The lowest BCUT2D eigenvalue weighted by atomic mass is 10.0. The minimum absolute atomic E-state index is 0.0262. The number of fused-ring (bicyclic) bond motifs is 1. The lowest BCUT2D eigenvalue weighted by Crippen LogP contribution is -2.19. The van der Waals surface area contributed by atoms with Gasteiger partial charge in [0.05, 0.1) is 11.4 Å². The lowest BCUT2D eigenvalue weighted by Gasteiger charge is -2.11. The van der Waals surface area contributed by atoms with E-state index in [1.165, 1.54) is 10.7 Å². The van der Waals surface area contributed by atoms with Gasteiger partial charge >= 0.3 is 0 Å². The Kier molecular flexibility index (Phi) is 5.24. The molecule has 0 aliphatic heterocycles. The Hall–Kier alpha value is -3.66. The van der Waals surface area contributed by atoms with Gasteiger partial charge in [0.15, 0.2) is 0 Å². The van der Waals surface area contributed by atoms with Crippen LogP contribution in [0.3, 0.4) is 0 Å². The number of benzene rings is 1. The van der Waals surface area contributed by atoms with Crippen molar-refractivity contribution in [1.82, 2.24) is 14.8 Å². The van der Waals surface area contributed by atoms with Gasteiger partial charge in [-0.1, -0.05) is 30.3 Å². The second-order valence-electron chi connectivity index (χ2n) is 6.86. The SMILES string of the molecule is Cc1cc(C(=O)Nc2c(C(N)=O)sc3nc(C(F)F)cc(-c4ccccc4)c23)n(C)n1. The number of hydrogen-bond donors (Lipinski definition) is 2. The molecule has 4 aromatic rings. The van der Waals surface area contributed by atoms with E-state index < -0.39 is 23.9 Å². The zero-order valence-corrected chi connectivity index (χ0v) is 17.3. The molecule has 1 aromatic carbocycles. The molecule has 4 rings (SSSR count). The van der Waals surface area contributed by atoms with Crippen LogP contribution in [0.25, 0.3) is 21.3 Å². The number of nitrogens with zero attached hydrogens (tertiary/aromatic N) is 3. The van der Waals surface area contributed by atoms with Crippen LogP contribution >= 0.6 is 11.3 Å². The van der Waals surface area contributed by atoms with E-state index in [4.69, 9.17) is 5.73 Å². The molecule has 0 bridgehead atoms. The Balaban J connectivity index is 1.97. The summed E-state index contributed by atoms with van der Waals surface area (Å²) in [7, 11) is 1.62. The summed E-state index contributed by atoms with van der Waals surface area (Å²) in [6.07, 6.45) is -2.80. The van der Waals surface area contributed by atoms with Gasteiger partial charge in [-0.25, -0.2) is 13.8 Å². The van der Waals surface area contributed by atoms with Crippen LogP contribution in [0.4, 0.5) is 14.5 Å². The molecule has 2 amide bonds.